The Balaban J connectivity index is 5.12. The highest BCUT2D eigenvalue weighted by atomic mass is 31.2. The highest BCUT2D eigenvalue weighted by Gasteiger charge is 2.31. The molecule has 0 heterocycles. The van der Waals surface area contributed by atoms with Gasteiger partial charge < -0.3 is 33.5 Å². The van der Waals surface area contributed by atoms with Gasteiger partial charge in [0.1, 0.15) is 0 Å². The minimum Gasteiger partial charge on any atom is -0.457 e. The number of nitrogens with one attached hydrogen (secondary N) is 1. The van der Waals surface area contributed by atoms with Gasteiger partial charge in [0.05, 0.1) is 32.0 Å². The van der Waals surface area contributed by atoms with E-state index in [2.05, 4.69) is 28.9 Å². The Hall–Kier alpha value is 0.124. The molecule has 0 aliphatic carbocycles. The fourth-order valence-corrected chi connectivity index (χ4v) is 5.99. The van der Waals surface area contributed by atoms with Crippen molar-refractivity contribution in [2.45, 2.75) is 58.2 Å². The summed E-state index contributed by atoms with van der Waals surface area (Å²) in [5.41, 5.74) is 0. The molecule has 0 bridgehead atoms. The first kappa shape index (κ1) is 31.1. The zero-order valence-corrected chi connectivity index (χ0v) is 22.7. The molecule has 0 aromatic carbocycles. The van der Waals surface area contributed by atoms with Crippen LogP contribution in [0.15, 0.2) is 0 Å². The van der Waals surface area contributed by atoms with Crippen LogP contribution in [-0.4, -0.2) is 93.8 Å². The molecule has 14 heteroatoms. The number of rotatable bonds is 18. The Morgan fingerprint density at radius 1 is 0.968 bits per heavy atom. The molecule has 0 aromatic heterocycles. The molecule has 183 valence electrons. The lowest BCUT2D eigenvalue weighted by atomic mass is 10.2. The first-order valence-electron chi connectivity index (χ1n) is 10.7. The van der Waals surface area contributed by atoms with Crippen LogP contribution in [0.1, 0.15) is 39.0 Å². The maximum atomic E-state index is 12.7. The molecule has 0 spiro atoms. The van der Waals surface area contributed by atoms with Gasteiger partial charge in [-0.25, -0.2) is 0 Å². The zero-order valence-electron chi connectivity index (χ0n) is 19.0. The molecule has 10 nitrogen and oxygen atoms in total. The summed E-state index contributed by atoms with van der Waals surface area (Å²) in [5, 5.41) is 2.91. The van der Waals surface area contributed by atoms with Crippen molar-refractivity contribution >= 4 is 39.9 Å². The SMILES string of the molecule is CCCC[N+](CCCP(=O)(O)O)(CCCP(=O)(O)O)CC(=O)NCCC[Si](C)(C)O[Si]. The smallest absolute Gasteiger partial charge is 0.325 e. The van der Waals surface area contributed by atoms with Crippen molar-refractivity contribution in [1.82, 2.24) is 5.32 Å². The van der Waals surface area contributed by atoms with E-state index in [4.69, 9.17) is 4.12 Å². The highest BCUT2D eigenvalue weighted by Crippen LogP contribution is 2.36. The Morgan fingerprint density at radius 2 is 1.45 bits per heavy atom. The summed E-state index contributed by atoms with van der Waals surface area (Å²) in [6.45, 7) is 8.13. The monoisotopic (exact) mass is 518 g/mol. The van der Waals surface area contributed by atoms with E-state index in [0.717, 1.165) is 25.3 Å². The fraction of sp³-hybridized carbons (Fsp3) is 0.941. The van der Waals surface area contributed by atoms with Crippen LogP contribution in [0.4, 0.5) is 0 Å². The van der Waals surface area contributed by atoms with Crippen molar-refractivity contribution in [1.29, 1.82) is 0 Å². The lowest BCUT2D eigenvalue weighted by molar-refractivity contribution is -0.921. The van der Waals surface area contributed by atoms with E-state index in [9.17, 15) is 33.5 Å². The number of hydrogen-bond acceptors (Lipinski definition) is 4. The maximum Gasteiger partial charge on any atom is 0.325 e. The van der Waals surface area contributed by atoms with Gasteiger partial charge in [0.15, 0.2) is 14.9 Å². The molecule has 3 radical (unpaired) electrons. The van der Waals surface area contributed by atoms with Crippen LogP contribution in [-0.2, 0) is 18.0 Å². The standard InChI is InChI=1S/C17H39N2O8P2Si2/c1-4-5-10-19(11-7-13-28(21,22)23,12-8-14-29(24,25)26)16-17(20)18-9-6-15-31(2,3)27-30/h4-16H2,1-3H3,(H4-,18,20,21,22,23,24,25,26)/p+1. The maximum absolute atomic E-state index is 12.7. The third kappa shape index (κ3) is 17.3. The van der Waals surface area contributed by atoms with Gasteiger partial charge in [0.2, 0.25) is 10.5 Å². The predicted octanol–water partition coefficient (Wildman–Crippen LogP) is 1.55. The number of amides is 1. The van der Waals surface area contributed by atoms with Crippen molar-refractivity contribution in [3.8, 4) is 0 Å². The van der Waals surface area contributed by atoms with Crippen LogP contribution in [0.2, 0.25) is 19.1 Å². The topological polar surface area (TPSA) is 153 Å². The molecule has 0 unspecified atom stereocenters. The Bertz CT molecular complexity index is 599. The quantitative estimate of drug-likeness (QED) is 0.0793. The van der Waals surface area contributed by atoms with E-state index in [0.29, 0.717) is 26.2 Å². The van der Waals surface area contributed by atoms with Gasteiger partial charge in [-0.2, -0.15) is 0 Å². The molecule has 0 saturated heterocycles. The van der Waals surface area contributed by atoms with Gasteiger partial charge in [-0.3, -0.25) is 13.9 Å². The van der Waals surface area contributed by atoms with Crippen LogP contribution in [0, 0.1) is 0 Å². The summed E-state index contributed by atoms with van der Waals surface area (Å²) in [6.07, 6.45) is 2.39. The first-order chi connectivity index (χ1) is 14.1. The molecular formula is C17H40N2O8P2Si2+. The second kappa shape index (κ2) is 14.4. The predicted molar refractivity (Wildman–Crippen MR) is 124 cm³/mol. The number of quaternary nitrogens is 1. The van der Waals surface area contributed by atoms with Crippen molar-refractivity contribution < 1.29 is 42.1 Å². The van der Waals surface area contributed by atoms with E-state index >= 15 is 0 Å². The second-order valence-corrected chi connectivity index (χ2v) is 17.2. The van der Waals surface area contributed by atoms with Gasteiger partial charge in [-0.15, -0.1) is 0 Å². The highest BCUT2D eigenvalue weighted by molar-refractivity contribution is 7.52. The van der Waals surface area contributed by atoms with Crippen LogP contribution in [0.5, 0.6) is 0 Å². The third-order valence-corrected chi connectivity index (χ3v) is 10.7. The molecule has 31 heavy (non-hydrogen) atoms. The molecular weight excluding hydrogens is 478 g/mol. The lowest BCUT2D eigenvalue weighted by Gasteiger charge is -2.38. The summed E-state index contributed by atoms with van der Waals surface area (Å²) >= 11 is 0. The van der Waals surface area contributed by atoms with Crippen molar-refractivity contribution in [3.05, 3.63) is 0 Å². The van der Waals surface area contributed by atoms with Crippen LogP contribution in [0.3, 0.4) is 0 Å². The minimum absolute atomic E-state index is 0.123. The summed E-state index contributed by atoms with van der Waals surface area (Å²) in [6, 6.07) is 0.872. The summed E-state index contributed by atoms with van der Waals surface area (Å²) < 4.78 is 28.1. The largest absolute Gasteiger partial charge is 0.457 e. The third-order valence-electron chi connectivity index (χ3n) is 5.18. The fourth-order valence-electron chi connectivity index (χ4n) is 3.44. The summed E-state index contributed by atoms with van der Waals surface area (Å²) in [5.74, 6) is -0.165. The number of nitrogens with zero attached hydrogens (tertiary/aromatic N) is 1. The number of unbranched alkanes of at least 4 members (excludes halogenated alkanes) is 1. The molecule has 0 aliphatic heterocycles. The normalized spacial score (nSPS) is 13.4. The number of carbonyl (C=O) groups excluding carboxylic acids is 1. The number of carbonyl (C=O) groups is 1. The van der Waals surface area contributed by atoms with Gasteiger partial charge in [-0.1, -0.05) is 13.3 Å². The number of hydrogen-bond donors (Lipinski definition) is 5. The van der Waals surface area contributed by atoms with Gasteiger partial charge in [0, 0.05) is 19.4 Å². The van der Waals surface area contributed by atoms with E-state index in [-0.39, 0.29) is 42.1 Å². The van der Waals surface area contributed by atoms with E-state index in [1.165, 1.54) is 0 Å². The van der Waals surface area contributed by atoms with Crippen molar-refractivity contribution in [2.24, 2.45) is 0 Å². The molecule has 0 rings (SSSR count). The zero-order chi connectivity index (χ0) is 24.2. The van der Waals surface area contributed by atoms with Crippen LogP contribution in [0.25, 0.3) is 0 Å². The van der Waals surface area contributed by atoms with E-state index < -0.39 is 23.5 Å². The average molecular weight is 519 g/mol. The van der Waals surface area contributed by atoms with Gasteiger partial charge in [-0.05, 0) is 32.0 Å². The summed E-state index contributed by atoms with van der Waals surface area (Å²) in [7, 11) is -6.98. The first-order valence-corrected chi connectivity index (χ1v) is 17.8. The summed E-state index contributed by atoms with van der Waals surface area (Å²) in [4.78, 5) is 49.5. The van der Waals surface area contributed by atoms with E-state index in [1.54, 1.807) is 0 Å². The lowest BCUT2D eigenvalue weighted by Crippen LogP contribution is -2.55. The molecule has 0 saturated carbocycles. The van der Waals surface area contributed by atoms with Crippen LogP contribution < -0.4 is 5.32 Å². The molecule has 0 fully saturated rings. The molecule has 0 aromatic rings. The second-order valence-electron chi connectivity index (χ2n) is 8.82. The molecule has 0 aliphatic rings. The molecule has 0 atom stereocenters. The van der Waals surface area contributed by atoms with Gasteiger partial charge >= 0.3 is 15.2 Å². The Morgan fingerprint density at radius 3 is 1.87 bits per heavy atom. The Labute approximate surface area is 190 Å². The van der Waals surface area contributed by atoms with E-state index in [1.807, 2.05) is 6.92 Å². The van der Waals surface area contributed by atoms with Gasteiger partial charge in [0.25, 0.3) is 5.91 Å². The van der Waals surface area contributed by atoms with Crippen molar-refractivity contribution in [3.63, 3.8) is 0 Å². The molecule has 5 N–H and O–H groups in total. The Kier molecular flexibility index (Phi) is 14.5. The average Bonchev–Trinajstić information content (AvgIpc) is 2.61. The minimum atomic E-state index is -4.15. The molecule has 1 amide bonds. The van der Waals surface area contributed by atoms with Crippen molar-refractivity contribution in [2.75, 3.05) is 45.0 Å². The van der Waals surface area contributed by atoms with Crippen LogP contribution >= 0.6 is 15.2 Å².